The molecule has 2 fully saturated rings. The SMILES string of the molecule is Cc1nn(-c2ccccc2)c(C)c1/C=C/C(=O)N1CCC(C(=O)N2CCCCCC2)CC1. The Morgan fingerprint density at radius 3 is 2.22 bits per heavy atom. The first kappa shape index (κ1) is 22.3. The topological polar surface area (TPSA) is 58.4 Å². The highest BCUT2D eigenvalue weighted by Gasteiger charge is 2.30. The number of hydrogen-bond donors (Lipinski definition) is 0. The average Bonchev–Trinajstić information content (AvgIpc) is 3.00. The number of para-hydroxylation sites is 1. The van der Waals surface area contributed by atoms with Gasteiger partial charge in [-0.3, -0.25) is 9.59 Å². The van der Waals surface area contributed by atoms with E-state index in [9.17, 15) is 9.59 Å². The molecule has 2 amide bonds. The summed E-state index contributed by atoms with van der Waals surface area (Å²) in [6.07, 6.45) is 9.76. The monoisotopic (exact) mass is 434 g/mol. The molecule has 0 aliphatic carbocycles. The van der Waals surface area contributed by atoms with E-state index in [0.29, 0.717) is 19.0 Å². The number of aryl methyl sites for hydroxylation is 1. The Balaban J connectivity index is 1.35. The van der Waals surface area contributed by atoms with Gasteiger partial charge in [0.2, 0.25) is 11.8 Å². The molecule has 3 heterocycles. The van der Waals surface area contributed by atoms with E-state index in [2.05, 4.69) is 10.00 Å². The normalized spacial score (nSPS) is 18.2. The maximum atomic E-state index is 12.9. The molecule has 2 aliphatic heterocycles. The highest BCUT2D eigenvalue weighted by atomic mass is 16.2. The first-order chi connectivity index (χ1) is 15.5. The van der Waals surface area contributed by atoms with Crippen LogP contribution in [0.3, 0.4) is 0 Å². The van der Waals surface area contributed by atoms with Gasteiger partial charge in [-0.25, -0.2) is 4.68 Å². The third-order valence-electron chi connectivity index (χ3n) is 6.81. The van der Waals surface area contributed by atoms with Crippen LogP contribution < -0.4 is 0 Å². The fourth-order valence-electron chi connectivity index (χ4n) is 4.87. The van der Waals surface area contributed by atoms with Gasteiger partial charge in [0.25, 0.3) is 0 Å². The van der Waals surface area contributed by atoms with Crippen molar-refractivity contribution >= 4 is 17.9 Å². The summed E-state index contributed by atoms with van der Waals surface area (Å²) in [6, 6.07) is 10.0. The smallest absolute Gasteiger partial charge is 0.246 e. The van der Waals surface area contributed by atoms with Gasteiger partial charge in [0.15, 0.2) is 0 Å². The number of rotatable bonds is 4. The molecule has 0 saturated carbocycles. The quantitative estimate of drug-likeness (QED) is 0.680. The zero-order chi connectivity index (χ0) is 22.5. The molecule has 6 nitrogen and oxygen atoms in total. The van der Waals surface area contributed by atoms with Gasteiger partial charge >= 0.3 is 0 Å². The van der Waals surface area contributed by atoms with E-state index in [1.54, 1.807) is 6.08 Å². The third-order valence-corrected chi connectivity index (χ3v) is 6.81. The summed E-state index contributed by atoms with van der Waals surface area (Å²) >= 11 is 0. The minimum absolute atomic E-state index is 0.0110. The highest BCUT2D eigenvalue weighted by molar-refractivity contribution is 5.92. The first-order valence-corrected chi connectivity index (χ1v) is 11.9. The zero-order valence-corrected chi connectivity index (χ0v) is 19.3. The molecule has 1 aromatic heterocycles. The molecule has 0 atom stereocenters. The lowest BCUT2D eigenvalue weighted by Crippen LogP contribution is -2.44. The van der Waals surface area contributed by atoms with Crippen LogP contribution in [0.25, 0.3) is 11.8 Å². The van der Waals surface area contributed by atoms with Gasteiger partial charge in [-0.2, -0.15) is 5.10 Å². The summed E-state index contributed by atoms with van der Waals surface area (Å²) in [7, 11) is 0. The Morgan fingerprint density at radius 1 is 0.906 bits per heavy atom. The predicted molar refractivity (Wildman–Crippen MR) is 126 cm³/mol. The molecule has 32 heavy (non-hydrogen) atoms. The number of carbonyl (C=O) groups excluding carboxylic acids is 2. The Labute approximate surface area is 190 Å². The van der Waals surface area contributed by atoms with Crippen molar-refractivity contribution in [3.8, 4) is 5.69 Å². The summed E-state index contributed by atoms with van der Waals surface area (Å²) in [5.74, 6) is 0.376. The summed E-state index contributed by atoms with van der Waals surface area (Å²) in [4.78, 5) is 29.6. The molecular weight excluding hydrogens is 400 g/mol. The van der Waals surface area contributed by atoms with Crippen molar-refractivity contribution in [3.05, 3.63) is 53.4 Å². The van der Waals surface area contributed by atoms with E-state index in [1.807, 2.05) is 59.8 Å². The van der Waals surface area contributed by atoms with Gasteiger partial charge in [-0.1, -0.05) is 31.0 Å². The number of aromatic nitrogens is 2. The summed E-state index contributed by atoms with van der Waals surface area (Å²) < 4.78 is 1.92. The molecule has 2 aromatic rings. The maximum Gasteiger partial charge on any atom is 0.246 e. The Morgan fingerprint density at radius 2 is 1.56 bits per heavy atom. The minimum Gasteiger partial charge on any atom is -0.342 e. The van der Waals surface area contributed by atoms with Crippen LogP contribution in [-0.2, 0) is 9.59 Å². The van der Waals surface area contributed by atoms with Crippen LogP contribution in [0.15, 0.2) is 36.4 Å². The molecule has 0 N–H and O–H groups in total. The van der Waals surface area contributed by atoms with Crippen molar-refractivity contribution in [3.63, 3.8) is 0 Å². The highest BCUT2D eigenvalue weighted by Crippen LogP contribution is 2.23. The summed E-state index contributed by atoms with van der Waals surface area (Å²) in [5.41, 5.74) is 3.90. The van der Waals surface area contributed by atoms with E-state index in [1.165, 1.54) is 12.8 Å². The van der Waals surface area contributed by atoms with Gasteiger partial charge in [0.1, 0.15) is 0 Å². The predicted octanol–water partition coefficient (Wildman–Crippen LogP) is 4.14. The molecule has 1 aromatic carbocycles. The van der Waals surface area contributed by atoms with Crippen molar-refractivity contribution in [2.24, 2.45) is 5.92 Å². The van der Waals surface area contributed by atoms with Crippen molar-refractivity contribution < 1.29 is 9.59 Å². The van der Waals surface area contributed by atoms with E-state index >= 15 is 0 Å². The number of nitrogens with zero attached hydrogens (tertiary/aromatic N) is 4. The van der Waals surface area contributed by atoms with Crippen LogP contribution in [0.5, 0.6) is 0 Å². The number of benzene rings is 1. The summed E-state index contributed by atoms with van der Waals surface area (Å²) in [6.45, 7) is 7.09. The molecular formula is C26H34N4O2. The maximum absolute atomic E-state index is 12.9. The molecule has 6 heteroatoms. The molecule has 4 rings (SSSR count). The fraction of sp³-hybridized carbons (Fsp3) is 0.500. The van der Waals surface area contributed by atoms with Crippen molar-refractivity contribution in [2.75, 3.05) is 26.2 Å². The third kappa shape index (κ3) is 4.95. The van der Waals surface area contributed by atoms with Crippen LogP contribution >= 0.6 is 0 Å². The average molecular weight is 435 g/mol. The molecule has 2 saturated heterocycles. The van der Waals surface area contributed by atoms with Crippen LogP contribution in [-0.4, -0.2) is 57.6 Å². The Kier molecular flexibility index (Phi) is 7.08. The van der Waals surface area contributed by atoms with Crippen LogP contribution in [0.2, 0.25) is 0 Å². The number of amides is 2. The molecule has 0 spiro atoms. The lowest BCUT2D eigenvalue weighted by atomic mass is 9.95. The molecule has 0 bridgehead atoms. The van der Waals surface area contributed by atoms with Crippen molar-refractivity contribution in [1.29, 1.82) is 0 Å². The molecule has 170 valence electrons. The number of hydrogen-bond acceptors (Lipinski definition) is 3. The largest absolute Gasteiger partial charge is 0.342 e. The van der Waals surface area contributed by atoms with E-state index < -0.39 is 0 Å². The second-order valence-electron chi connectivity index (χ2n) is 9.00. The molecule has 2 aliphatic rings. The second-order valence-corrected chi connectivity index (χ2v) is 9.00. The van der Waals surface area contributed by atoms with E-state index in [0.717, 1.165) is 61.4 Å². The second kappa shape index (κ2) is 10.2. The molecule has 0 radical (unpaired) electrons. The Bertz CT molecular complexity index is 963. The van der Waals surface area contributed by atoms with Gasteiger partial charge in [0, 0.05) is 49.4 Å². The minimum atomic E-state index is 0.0110. The molecule has 0 unspecified atom stereocenters. The zero-order valence-electron chi connectivity index (χ0n) is 19.3. The fourth-order valence-corrected chi connectivity index (χ4v) is 4.87. The number of carbonyl (C=O) groups is 2. The lowest BCUT2D eigenvalue weighted by molar-refractivity contribution is -0.139. The summed E-state index contributed by atoms with van der Waals surface area (Å²) in [5, 5.41) is 4.65. The number of likely N-dealkylation sites (tertiary alicyclic amines) is 2. The standard InChI is InChI=1S/C26H34N4O2/c1-20-24(21(2)30(27-20)23-10-6-5-7-11-23)12-13-25(31)28-18-14-22(15-19-28)26(32)29-16-8-3-4-9-17-29/h5-7,10-13,22H,3-4,8-9,14-19H2,1-2H3/b13-12+. The van der Waals surface area contributed by atoms with Crippen LogP contribution in [0.4, 0.5) is 0 Å². The van der Waals surface area contributed by atoms with Crippen molar-refractivity contribution in [1.82, 2.24) is 19.6 Å². The lowest BCUT2D eigenvalue weighted by Gasteiger charge is -2.33. The van der Waals surface area contributed by atoms with Gasteiger partial charge < -0.3 is 9.80 Å². The van der Waals surface area contributed by atoms with E-state index in [4.69, 9.17) is 0 Å². The Hall–Kier alpha value is -2.89. The van der Waals surface area contributed by atoms with Crippen LogP contribution in [0.1, 0.15) is 55.5 Å². The van der Waals surface area contributed by atoms with Gasteiger partial charge in [-0.15, -0.1) is 0 Å². The van der Waals surface area contributed by atoms with E-state index in [-0.39, 0.29) is 11.8 Å². The number of piperidine rings is 1. The first-order valence-electron chi connectivity index (χ1n) is 11.9. The van der Waals surface area contributed by atoms with Crippen LogP contribution in [0, 0.1) is 19.8 Å². The van der Waals surface area contributed by atoms with Gasteiger partial charge in [-0.05, 0) is 57.7 Å². The van der Waals surface area contributed by atoms with Crippen molar-refractivity contribution in [2.45, 2.75) is 52.4 Å². The van der Waals surface area contributed by atoms with Gasteiger partial charge in [0.05, 0.1) is 11.4 Å².